The van der Waals surface area contributed by atoms with Gasteiger partial charge in [0, 0.05) is 11.6 Å². The minimum atomic E-state index is -0.968. The molecule has 20 heavy (non-hydrogen) atoms. The van der Waals surface area contributed by atoms with Crippen LogP contribution < -0.4 is 0 Å². The first-order valence-electron chi connectivity index (χ1n) is 7.16. The van der Waals surface area contributed by atoms with Gasteiger partial charge in [0.15, 0.2) is 17.4 Å². The number of hydrogen-bond donors (Lipinski definition) is 0. The normalized spacial score (nSPS) is 23.1. The number of rotatable bonds is 4. The van der Waals surface area contributed by atoms with Gasteiger partial charge in [-0.3, -0.25) is 9.69 Å². The first-order valence-corrected chi connectivity index (χ1v) is 7.16. The second-order valence-corrected chi connectivity index (χ2v) is 5.88. The number of benzene rings is 1. The topological polar surface area (TPSA) is 20.3 Å². The lowest BCUT2D eigenvalue weighted by Gasteiger charge is -2.33. The average molecular weight is 281 g/mol. The van der Waals surface area contributed by atoms with E-state index in [1.54, 1.807) is 0 Å². The first kappa shape index (κ1) is 15.1. The molecule has 0 radical (unpaired) electrons. The third kappa shape index (κ3) is 3.63. The van der Waals surface area contributed by atoms with Crippen LogP contribution >= 0.6 is 0 Å². The summed E-state index contributed by atoms with van der Waals surface area (Å²) in [6.45, 7) is 2.51. The van der Waals surface area contributed by atoms with Crippen LogP contribution in [0.1, 0.15) is 43.0 Å². The van der Waals surface area contributed by atoms with E-state index in [1.807, 2.05) is 11.9 Å². The maximum atomic E-state index is 13.1. The molecule has 0 spiro atoms. The predicted molar refractivity (Wildman–Crippen MR) is 74.7 cm³/mol. The van der Waals surface area contributed by atoms with E-state index < -0.39 is 11.6 Å². The van der Waals surface area contributed by atoms with Crippen LogP contribution in [0, 0.1) is 17.6 Å². The summed E-state index contributed by atoms with van der Waals surface area (Å²) in [4.78, 5) is 14.1. The fourth-order valence-corrected chi connectivity index (χ4v) is 2.80. The molecule has 0 bridgehead atoms. The van der Waals surface area contributed by atoms with Gasteiger partial charge in [0.25, 0.3) is 0 Å². The first-order chi connectivity index (χ1) is 9.47. The third-order valence-corrected chi connectivity index (χ3v) is 4.24. The number of nitrogens with zero attached hydrogens (tertiary/aromatic N) is 1. The summed E-state index contributed by atoms with van der Waals surface area (Å²) in [6.07, 6.45) is 4.58. The summed E-state index contributed by atoms with van der Waals surface area (Å²) < 4.78 is 26.0. The van der Waals surface area contributed by atoms with Gasteiger partial charge in [-0.05, 0) is 56.8 Å². The van der Waals surface area contributed by atoms with Crippen molar-refractivity contribution in [3.8, 4) is 0 Å². The summed E-state index contributed by atoms with van der Waals surface area (Å²) in [5.41, 5.74) is 0.236. The Labute approximate surface area is 118 Å². The van der Waals surface area contributed by atoms with Gasteiger partial charge in [-0.2, -0.15) is 0 Å². The molecule has 0 atom stereocenters. The molecule has 0 saturated heterocycles. The summed E-state index contributed by atoms with van der Waals surface area (Å²) in [7, 11) is 1.93. The van der Waals surface area contributed by atoms with Crippen molar-refractivity contribution in [2.45, 2.75) is 38.6 Å². The van der Waals surface area contributed by atoms with Crippen LogP contribution in [0.25, 0.3) is 0 Å². The lowest BCUT2D eigenvalue weighted by Crippen LogP contribution is -2.38. The molecule has 0 amide bonds. The monoisotopic (exact) mass is 281 g/mol. The van der Waals surface area contributed by atoms with Crippen molar-refractivity contribution in [3.05, 3.63) is 35.4 Å². The Morgan fingerprint density at radius 2 is 1.85 bits per heavy atom. The van der Waals surface area contributed by atoms with E-state index in [0.717, 1.165) is 30.9 Å². The van der Waals surface area contributed by atoms with Crippen molar-refractivity contribution in [3.63, 3.8) is 0 Å². The van der Waals surface area contributed by atoms with E-state index in [2.05, 4.69) is 6.92 Å². The molecule has 4 heteroatoms. The third-order valence-electron chi connectivity index (χ3n) is 4.24. The Balaban J connectivity index is 1.95. The number of halogens is 2. The average Bonchev–Trinajstić information content (AvgIpc) is 2.42. The molecular weight excluding hydrogens is 260 g/mol. The van der Waals surface area contributed by atoms with Gasteiger partial charge >= 0.3 is 0 Å². The van der Waals surface area contributed by atoms with Crippen LogP contribution in [-0.4, -0.2) is 30.3 Å². The maximum Gasteiger partial charge on any atom is 0.176 e. The van der Waals surface area contributed by atoms with Crippen LogP contribution in [-0.2, 0) is 0 Å². The fourth-order valence-electron chi connectivity index (χ4n) is 2.80. The van der Waals surface area contributed by atoms with Gasteiger partial charge in [0.1, 0.15) is 0 Å². The van der Waals surface area contributed by atoms with E-state index in [1.165, 1.54) is 18.9 Å². The highest BCUT2D eigenvalue weighted by molar-refractivity contribution is 5.97. The molecule has 110 valence electrons. The Morgan fingerprint density at radius 1 is 1.20 bits per heavy atom. The number of carbonyl (C=O) groups excluding carboxylic acids is 1. The number of likely N-dealkylation sites (N-methyl/N-ethyl adjacent to an activating group) is 1. The van der Waals surface area contributed by atoms with Crippen LogP contribution in [0.2, 0.25) is 0 Å². The second kappa shape index (κ2) is 6.44. The molecule has 0 heterocycles. The predicted octanol–water partition coefficient (Wildman–Crippen LogP) is 3.66. The van der Waals surface area contributed by atoms with Gasteiger partial charge in [-0.25, -0.2) is 8.78 Å². The Bertz CT molecular complexity index is 481. The molecule has 0 aliphatic heterocycles. The van der Waals surface area contributed by atoms with E-state index in [-0.39, 0.29) is 17.9 Å². The van der Waals surface area contributed by atoms with Crippen molar-refractivity contribution in [1.29, 1.82) is 0 Å². The lowest BCUT2D eigenvalue weighted by atomic mass is 9.86. The smallest absolute Gasteiger partial charge is 0.176 e. The van der Waals surface area contributed by atoms with Crippen LogP contribution in [0.15, 0.2) is 18.2 Å². The van der Waals surface area contributed by atoms with Crippen molar-refractivity contribution in [2.24, 2.45) is 5.92 Å². The molecule has 2 rings (SSSR count). The van der Waals surface area contributed by atoms with Crippen LogP contribution in [0.4, 0.5) is 8.78 Å². The highest BCUT2D eigenvalue weighted by Gasteiger charge is 2.23. The maximum absolute atomic E-state index is 13.1. The molecule has 0 aromatic heterocycles. The number of hydrogen-bond acceptors (Lipinski definition) is 2. The standard InChI is InChI=1S/C16H21F2NO/c1-11-3-6-13(7-4-11)19(2)10-16(20)12-5-8-14(17)15(18)9-12/h5,8-9,11,13H,3-4,6-7,10H2,1-2H3. The van der Waals surface area contributed by atoms with Gasteiger partial charge in [0.05, 0.1) is 6.54 Å². The number of carbonyl (C=O) groups is 1. The second-order valence-electron chi connectivity index (χ2n) is 5.88. The summed E-state index contributed by atoms with van der Waals surface area (Å²) in [5.74, 6) is -1.28. The van der Waals surface area contributed by atoms with E-state index in [4.69, 9.17) is 0 Å². The molecule has 1 saturated carbocycles. The highest BCUT2D eigenvalue weighted by Crippen LogP contribution is 2.26. The van der Waals surface area contributed by atoms with Crippen LogP contribution in [0.3, 0.4) is 0 Å². The Morgan fingerprint density at radius 3 is 2.45 bits per heavy atom. The highest BCUT2D eigenvalue weighted by atomic mass is 19.2. The number of ketones is 1. The zero-order chi connectivity index (χ0) is 14.7. The van der Waals surface area contributed by atoms with Gasteiger partial charge < -0.3 is 0 Å². The minimum Gasteiger partial charge on any atom is -0.296 e. The summed E-state index contributed by atoms with van der Waals surface area (Å²) >= 11 is 0. The van der Waals surface area contributed by atoms with E-state index in [0.29, 0.717) is 6.04 Å². The van der Waals surface area contributed by atoms with E-state index in [9.17, 15) is 13.6 Å². The fraction of sp³-hybridized carbons (Fsp3) is 0.562. The zero-order valence-electron chi connectivity index (χ0n) is 12.0. The van der Waals surface area contributed by atoms with Gasteiger partial charge in [0.2, 0.25) is 0 Å². The van der Waals surface area contributed by atoms with E-state index >= 15 is 0 Å². The quantitative estimate of drug-likeness (QED) is 0.785. The summed E-state index contributed by atoms with van der Waals surface area (Å²) in [6, 6.07) is 3.75. The summed E-state index contributed by atoms with van der Waals surface area (Å²) in [5, 5.41) is 0. The van der Waals surface area contributed by atoms with Gasteiger partial charge in [-0.1, -0.05) is 6.92 Å². The Hall–Kier alpha value is -1.29. The molecule has 0 unspecified atom stereocenters. The lowest BCUT2D eigenvalue weighted by molar-refractivity contribution is 0.0888. The number of Topliss-reactive ketones (excluding diaryl/α,β-unsaturated/α-hetero) is 1. The molecule has 1 aliphatic rings. The van der Waals surface area contributed by atoms with Crippen molar-refractivity contribution >= 4 is 5.78 Å². The van der Waals surface area contributed by atoms with Crippen molar-refractivity contribution < 1.29 is 13.6 Å². The van der Waals surface area contributed by atoms with Gasteiger partial charge in [-0.15, -0.1) is 0 Å². The SMILES string of the molecule is CC1CCC(N(C)CC(=O)c2ccc(F)c(F)c2)CC1. The molecule has 2 nitrogen and oxygen atoms in total. The van der Waals surface area contributed by atoms with Crippen molar-refractivity contribution in [2.75, 3.05) is 13.6 Å². The molecule has 1 aliphatic carbocycles. The largest absolute Gasteiger partial charge is 0.296 e. The molecule has 0 N–H and O–H groups in total. The molecule has 1 fully saturated rings. The molecule has 1 aromatic rings. The van der Waals surface area contributed by atoms with Crippen molar-refractivity contribution in [1.82, 2.24) is 4.90 Å². The zero-order valence-corrected chi connectivity index (χ0v) is 12.0. The minimum absolute atomic E-state index is 0.162. The molecule has 1 aromatic carbocycles. The molecular formula is C16H21F2NO. The Kier molecular flexibility index (Phi) is 4.86. The van der Waals surface area contributed by atoms with Crippen LogP contribution in [0.5, 0.6) is 0 Å².